The summed E-state index contributed by atoms with van der Waals surface area (Å²) in [6, 6.07) is 24.1. The zero-order valence-electron chi connectivity index (χ0n) is 20.9. The quantitative estimate of drug-likeness (QED) is 0.144. The lowest BCUT2D eigenvalue weighted by atomic mass is 10.0. The fourth-order valence-electron chi connectivity index (χ4n) is 3.90. The van der Waals surface area contributed by atoms with Gasteiger partial charge in [-0.2, -0.15) is 0 Å². The number of rotatable bonds is 11. The number of amides is 1. The van der Waals surface area contributed by atoms with Crippen LogP contribution in [0.1, 0.15) is 47.8 Å². The normalized spacial score (nSPS) is 10.5. The number of benzene rings is 4. The molecule has 11 nitrogen and oxygen atoms in total. The van der Waals surface area contributed by atoms with E-state index < -0.39 is 34.0 Å². The fraction of sp³-hybridized carbons (Fsp3) is 0.0690. The minimum absolute atomic E-state index is 0.0783. The van der Waals surface area contributed by atoms with Crippen molar-refractivity contribution in [1.29, 1.82) is 0 Å². The Kier molecular flexibility index (Phi) is 8.47. The Balaban J connectivity index is 1.32. The molecule has 0 aromatic heterocycles. The van der Waals surface area contributed by atoms with Gasteiger partial charge in [0.2, 0.25) is 0 Å². The van der Waals surface area contributed by atoms with E-state index in [1.807, 2.05) is 36.4 Å². The minimum atomic E-state index is -1.44. The Labute approximate surface area is 227 Å². The van der Waals surface area contributed by atoms with Crippen LogP contribution in [-0.4, -0.2) is 33.0 Å². The lowest BCUT2D eigenvalue weighted by Crippen LogP contribution is -2.16. The molecule has 0 unspecified atom stereocenters. The molecule has 4 aromatic rings. The first kappa shape index (κ1) is 27.5. The molecule has 202 valence electrons. The van der Waals surface area contributed by atoms with Crippen molar-refractivity contribution in [1.82, 2.24) is 0 Å². The largest absolute Gasteiger partial charge is 0.478 e. The standard InChI is InChI=1S/C29H23N3O8/c33-27(25-14-13-23(32(38)39)16-26(25)29(36)37)30-21-9-5-18(6-10-21)15-19-7-11-22(12-8-19)31-40-17-20-3-1-2-4-24(20)28(34)35/h1-14,16,31H,15,17H2,(H,30,33)(H,34,35)(H,36,37). The maximum atomic E-state index is 12.6. The van der Waals surface area contributed by atoms with Crippen LogP contribution in [0.2, 0.25) is 0 Å². The second-order valence-corrected chi connectivity index (χ2v) is 8.67. The number of nitro benzene ring substituents is 1. The van der Waals surface area contributed by atoms with E-state index in [9.17, 15) is 34.7 Å². The molecule has 0 bridgehead atoms. The maximum absolute atomic E-state index is 12.6. The van der Waals surface area contributed by atoms with Gasteiger partial charge in [0.15, 0.2) is 0 Å². The number of aromatic carboxylic acids is 2. The molecule has 0 saturated carbocycles. The highest BCUT2D eigenvalue weighted by atomic mass is 16.6. The summed E-state index contributed by atoms with van der Waals surface area (Å²) in [7, 11) is 0. The smallest absolute Gasteiger partial charge is 0.336 e. The van der Waals surface area contributed by atoms with Crippen molar-refractivity contribution in [2.24, 2.45) is 0 Å². The van der Waals surface area contributed by atoms with Crippen molar-refractivity contribution in [3.63, 3.8) is 0 Å². The van der Waals surface area contributed by atoms with Gasteiger partial charge in [-0.1, -0.05) is 42.5 Å². The van der Waals surface area contributed by atoms with E-state index in [0.29, 0.717) is 23.4 Å². The third kappa shape index (κ3) is 6.85. The molecule has 0 saturated heterocycles. The Hall–Kier alpha value is -5.55. The Morgan fingerprint density at radius 3 is 1.95 bits per heavy atom. The summed E-state index contributed by atoms with van der Waals surface area (Å²) >= 11 is 0. The fourth-order valence-corrected chi connectivity index (χ4v) is 3.90. The number of hydrogen-bond donors (Lipinski definition) is 4. The Bertz CT molecular complexity index is 1570. The molecule has 0 fully saturated rings. The summed E-state index contributed by atoms with van der Waals surface area (Å²) < 4.78 is 0. The SMILES string of the molecule is O=C(O)c1ccccc1CONc1ccc(Cc2ccc(NC(=O)c3ccc([N+](=O)[O-])cc3C(=O)O)cc2)cc1. The molecule has 4 aromatic carbocycles. The van der Waals surface area contributed by atoms with Gasteiger partial charge in [0, 0.05) is 17.8 Å². The van der Waals surface area contributed by atoms with Crippen LogP contribution >= 0.6 is 0 Å². The van der Waals surface area contributed by atoms with Crippen LogP contribution in [0.15, 0.2) is 91.0 Å². The number of nitrogens with one attached hydrogen (secondary N) is 2. The monoisotopic (exact) mass is 541 g/mol. The third-order valence-corrected chi connectivity index (χ3v) is 5.93. The highest BCUT2D eigenvalue weighted by molar-refractivity contribution is 6.11. The number of carboxylic acids is 2. The van der Waals surface area contributed by atoms with Crippen molar-refractivity contribution in [3.8, 4) is 0 Å². The lowest BCUT2D eigenvalue weighted by molar-refractivity contribution is -0.384. The minimum Gasteiger partial charge on any atom is -0.478 e. The lowest BCUT2D eigenvalue weighted by Gasteiger charge is -2.10. The summed E-state index contributed by atoms with van der Waals surface area (Å²) in [5.74, 6) is -3.16. The van der Waals surface area contributed by atoms with Crippen LogP contribution in [0.25, 0.3) is 0 Å². The van der Waals surface area contributed by atoms with E-state index in [0.717, 1.165) is 29.3 Å². The first-order valence-corrected chi connectivity index (χ1v) is 11.9. The van der Waals surface area contributed by atoms with Gasteiger partial charge < -0.3 is 15.5 Å². The number of carboxylic acid groups (broad SMARTS) is 2. The van der Waals surface area contributed by atoms with Crippen LogP contribution < -0.4 is 10.8 Å². The van der Waals surface area contributed by atoms with Gasteiger partial charge in [-0.25, -0.2) is 9.59 Å². The average molecular weight is 542 g/mol. The number of nitrogens with zero attached hydrogens (tertiary/aromatic N) is 1. The second-order valence-electron chi connectivity index (χ2n) is 8.67. The Morgan fingerprint density at radius 2 is 1.35 bits per heavy atom. The third-order valence-electron chi connectivity index (χ3n) is 5.93. The zero-order valence-corrected chi connectivity index (χ0v) is 20.9. The van der Waals surface area contributed by atoms with E-state index in [2.05, 4.69) is 10.8 Å². The summed E-state index contributed by atoms with van der Waals surface area (Å²) in [4.78, 5) is 51.1. The van der Waals surface area contributed by atoms with Gasteiger partial charge in [0.1, 0.15) is 6.61 Å². The molecular weight excluding hydrogens is 518 g/mol. The van der Waals surface area contributed by atoms with Crippen molar-refractivity contribution < 1.29 is 34.4 Å². The maximum Gasteiger partial charge on any atom is 0.336 e. The van der Waals surface area contributed by atoms with Gasteiger partial charge >= 0.3 is 11.9 Å². The molecule has 40 heavy (non-hydrogen) atoms. The summed E-state index contributed by atoms with van der Waals surface area (Å²) in [5.41, 5.74) is 5.57. The van der Waals surface area contributed by atoms with Gasteiger partial charge in [-0.15, -0.1) is 0 Å². The molecule has 1 amide bonds. The number of hydrogen-bond acceptors (Lipinski definition) is 7. The average Bonchev–Trinajstić information content (AvgIpc) is 2.94. The van der Waals surface area contributed by atoms with Crippen molar-refractivity contribution in [2.45, 2.75) is 13.0 Å². The predicted octanol–water partition coefficient (Wildman–Crippen LogP) is 5.38. The first-order valence-electron chi connectivity index (χ1n) is 11.9. The van der Waals surface area contributed by atoms with Crippen molar-refractivity contribution in [2.75, 3.05) is 10.8 Å². The first-order chi connectivity index (χ1) is 19.2. The molecule has 0 aliphatic carbocycles. The second kappa shape index (κ2) is 12.3. The number of anilines is 2. The summed E-state index contributed by atoms with van der Waals surface area (Å²) in [5, 5.41) is 32.2. The number of nitro groups is 1. The van der Waals surface area contributed by atoms with Gasteiger partial charge in [0.25, 0.3) is 11.6 Å². The number of non-ortho nitro benzene ring substituents is 1. The van der Waals surface area contributed by atoms with E-state index in [1.165, 1.54) is 6.07 Å². The topological polar surface area (TPSA) is 168 Å². The van der Waals surface area contributed by atoms with E-state index in [4.69, 9.17) is 4.84 Å². The molecule has 0 aliphatic rings. The zero-order chi connectivity index (χ0) is 28.6. The summed E-state index contributed by atoms with van der Waals surface area (Å²) in [6.45, 7) is 0.0783. The molecule has 0 heterocycles. The predicted molar refractivity (Wildman–Crippen MR) is 146 cm³/mol. The van der Waals surface area contributed by atoms with Gasteiger partial charge in [0.05, 0.1) is 27.3 Å². The number of carbonyl (C=O) groups excluding carboxylic acids is 1. The van der Waals surface area contributed by atoms with Crippen LogP contribution in [-0.2, 0) is 17.9 Å². The number of carbonyl (C=O) groups is 3. The van der Waals surface area contributed by atoms with Gasteiger partial charge in [-0.05, 0) is 59.5 Å². The molecule has 0 atom stereocenters. The Morgan fingerprint density at radius 1 is 0.750 bits per heavy atom. The van der Waals surface area contributed by atoms with E-state index >= 15 is 0 Å². The molecule has 4 rings (SSSR count). The highest BCUT2D eigenvalue weighted by Gasteiger charge is 2.20. The van der Waals surface area contributed by atoms with Gasteiger partial charge in [-0.3, -0.25) is 25.2 Å². The molecule has 0 radical (unpaired) electrons. The highest BCUT2D eigenvalue weighted by Crippen LogP contribution is 2.21. The molecule has 4 N–H and O–H groups in total. The van der Waals surface area contributed by atoms with Crippen LogP contribution in [0.3, 0.4) is 0 Å². The van der Waals surface area contributed by atoms with Crippen LogP contribution in [0.4, 0.5) is 17.1 Å². The van der Waals surface area contributed by atoms with Crippen LogP contribution in [0, 0.1) is 10.1 Å². The van der Waals surface area contributed by atoms with Crippen molar-refractivity contribution >= 4 is 34.9 Å². The van der Waals surface area contributed by atoms with E-state index in [-0.39, 0.29) is 17.7 Å². The molecule has 11 heteroatoms. The van der Waals surface area contributed by atoms with E-state index in [1.54, 1.807) is 30.3 Å². The molecular formula is C29H23N3O8. The molecule has 0 spiro atoms. The molecule has 0 aliphatic heterocycles. The van der Waals surface area contributed by atoms with Crippen molar-refractivity contribution in [3.05, 3.63) is 134 Å². The van der Waals surface area contributed by atoms with Crippen LogP contribution in [0.5, 0.6) is 0 Å². The summed E-state index contributed by atoms with van der Waals surface area (Å²) in [6.07, 6.45) is 0.604.